The van der Waals surface area contributed by atoms with Crippen molar-refractivity contribution in [2.75, 3.05) is 30.5 Å². The smallest absolute Gasteiger partial charge is 0.262 e. The van der Waals surface area contributed by atoms with E-state index in [1.807, 2.05) is 24.3 Å². The van der Waals surface area contributed by atoms with E-state index in [4.69, 9.17) is 21.1 Å². The second-order valence-corrected chi connectivity index (χ2v) is 8.65. The molecule has 0 aromatic heterocycles. The monoisotopic (exact) mass is 411 g/mol. The van der Waals surface area contributed by atoms with E-state index in [0.29, 0.717) is 22.2 Å². The predicted octanol–water partition coefficient (Wildman–Crippen LogP) is 3.34. The summed E-state index contributed by atoms with van der Waals surface area (Å²) in [5.74, 6) is 0.423. The summed E-state index contributed by atoms with van der Waals surface area (Å²) in [6, 6.07) is 12.2. The number of nitrogens with one attached hydrogen (secondary N) is 1. The van der Waals surface area contributed by atoms with Crippen LogP contribution in [0.4, 0.5) is 5.69 Å². The van der Waals surface area contributed by atoms with E-state index in [-0.39, 0.29) is 24.9 Å². The lowest BCUT2D eigenvalue weighted by Crippen LogP contribution is -2.21. The van der Waals surface area contributed by atoms with Gasteiger partial charge in [0.25, 0.3) is 5.91 Å². The van der Waals surface area contributed by atoms with Gasteiger partial charge >= 0.3 is 0 Å². The fourth-order valence-electron chi connectivity index (χ4n) is 2.19. The van der Waals surface area contributed by atoms with Crippen molar-refractivity contribution >= 4 is 33.0 Å². The van der Waals surface area contributed by atoms with E-state index in [0.717, 1.165) is 12.7 Å². The zero-order chi connectivity index (χ0) is 19.9. The van der Waals surface area contributed by atoms with Crippen molar-refractivity contribution in [1.29, 1.82) is 0 Å². The van der Waals surface area contributed by atoms with Gasteiger partial charge in [-0.25, -0.2) is 8.42 Å². The summed E-state index contributed by atoms with van der Waals surface area (Å²) in [5.41, 5.74) is 1.53. The topological polar surface area (TPSA) is 81.7 Å². The summed E-state index contributed by atoms with van der Waals surface area (Å²) in [7, 11) is -3.14. The molecule has 6 nitrogen and oxygen atoms in total. The van der Waals surface area contributed by atoms with Gasteiger partial charge < -0.3 is 14.8 Å². The zero-order valence-electron chi connectivity index (χ0n) is 15.2. The molecule has 2 rings (SSSR count). The Labute approximate surface area is 164 Å². The number of carbonyl (C=O) groups is 1. The first-order valence-electron chi connectivity index (χ1n) is 8.38. The largest absolute Gasteiger partial charge is 0.490 e. The maximum Gasteiger partial charge on any atom is 0.262 e. The Bertz CT molecular complexity index is 881. The highest BCUT2D eigenvalue weighted by Gasteiger charge is 2.11. The molecule has 8 heteroatoms. The summed E-state index contributed by atoms with van der Waals surface area (Å²) >= 11 is 5.97. The number of amides is 1. The van der Waals surface area contributed by atoms with Crippen molar-refractivity contribution in [2.24, 2.45) is 0 Å². The Balaban J connectivity index is 1.95. The molecular weight excluding hydrogens is 390 g/mol. The molecule has 146 valence electrons. The highest BCUT2D eigenvalue weighted by atomic mass is 35.5. The molecule has 0 saturated carbocycles. The lowest BCUT2D eigenvalue weighted by molar-refractivity contribution is -0.118. The maximum atomic E-state index is 12.2. The molecule has 2 aromatic carbocycles. The van der Waals surface area contributed by atoms with Crippen LogP contribution in [0, 0.1) is 0 Å². The van der Waals surface area contributed by atoms with E-state index >= 15 is 0 Å². The summed E-state index contributed by atoms with van der Waals surface area (Å²) in [6.07, 6.45) is 2.06. The van der Waals surface area contributed by atoms with Crippen LogP contribution in [0.25, 0.3) is 0 Å². The van der Waals surface area contributed by atoms with Crippen LogP contribution >= 0.6 is 11.6 Å². The first-order chi connectivity index (χ1) is 12.8. The third-order valence-electron chi connectivity index (χ3n) is 3.63. The van der Waals surface area contributed by atoms with Gasteiger partial charge in [-0.15, -0.1) is 0 Å². The molecular formula is C19H22ClNO5S. The fourth-order valence-corrected chi connectivity index (χ4v) is 2.74. The Morgan fingerprint density at radius 3 is 2.44 bits per heavy atom. The van der Waals surface area contributed by atoms with E-state index < -0.39 is 9.84 Å². The van der Waals surface area contributed by atoms with Crippen LogP contribution in [-0.4, -0.2) is 39.5 Å². The third-order valence-corrected chi connectivity index (χ3v) is 4.77. The molecule has 0 unspecified atom stereocenters. The molecule has 27 heavy (non-hydrogen) atoms. The van der Waals surface area contributed by atoms with Gasteiger partial charge in [-0.1, -0.05) is 30.7 Å². The van der Waals surface area contributed by atoms with Gasteiger partial charge in [0, 0.05) is 11.3 Å². The number of hydrogen-bond acceptors (Lipinski definition) is 5. The molecule has 1 N–H and O–H groups in total. The summed E-state index contributed by atoms with van der Waals surface area (Å²) < 4.78 is 33.4. The predicted molar refractivity (Wildman–Crippen MR) is 107 cm³/mol. The number of anilines is 1. The number of benzene rings is 2. The highest BCUT2D eigenvalue weighted by molar-refractivity contribution is 7.90. The average molecular weight is 412 g/mol. The molecule has 0 aliphatic carbocycles. The molecule has 0 fully saturated rings. The first-order valence-corrected chi connectivity index (χ1v) is 10.8. The SMILES string of the molecule is CCc1ccc(OCC(=O)Nc2cc(Cl)ccc2OCCS(C)(=O)=O)cc1. The van der Waals surface area contributed by atoms with Crippen LogP contribution in [-0.2, 0) is 21.1 Å². The fraction of sp³-hybridized carbons (Fsp3) is 0.316. The second-order valence-electron chi connectivity index (χ2n) is 5.95. The molecule has 0 spiro atoms. The average Bonchev–Trinajstić information content (AvgIpc) is 2.61. The van der Waals surface area contributed by atoms with Crippen molar-refractivity contribution < 1.29 is 22.7 Å². The molecule has 2 aromatic rings. The molecule has 0 heterocycles. The van der Waals surface area contributed by atoms with E-state index in [1.54, 1.807) is 12.1 Å². The van der Waals surface area contributed by atoms with Crippen LogP contribution in [0.1, 0.15) is 12.5 Å². The number of ether oxygens (including phenoxy) is 2. The lowest BCUT2D eigenvalue weighted by atomic mass is 10.2. The number of carbonyl (C=O) groups excluding carboxylic acids is 1. The number of aryl methyl sites for hydroxylation is 1. The van der Waals surface area contributed by atoms with Crippen LogP contribution in [0.2, 0.25) is 5.02 Å². The number of halogens is 1. The third kappa shape index (κ3) is 7.48. The standard InChI is InChI=1S/C19H22ClNO5S/c1-3-14-4-7-16(8-5-14)26-13-19(22)21-17-12-15(20)6-9-18(17)25-10-11-27(2,23)24/h4-9,12H,3,10-11,13H2,1-2H3,(H,21,22). The second kappa shape index (κ2) is 9.62. The van der Waals surface area contributed by atoms with Crippen LogP contribution in [0.3, 0.4) is 0 Å². The van der Waals surface area contributed by atoms with Crippen molar-refractivity contribution in [2.45, 2.75) is 13.3 Å². The summed E-state index contributed by atoms with van der Waals surface area (Å²) in [4.78, 5) is 12.2. The van der Waals surface area contributed by atoms with Crippen LogP contribution in [0.5, 0.6) is 11.5 Å². The first kappa shape index (κ1) is 21.1. The normalized spacial score (nSPS) is 11.1. The maximum absolute atomic E-state index is 12.2. The van der Waals surface area contributed by atoms with Crippen molar-refractivity contribution in [3.63, 3.8) is 0 Å². The molecule has 0 atom stereocenters. The Kier molecular flexibility index (Phi) is 7.50. The van der Waals surface area contributed by atoms with Gasteiger partial charge in [0.05, 0.1) is 11.4 Å². The molecule has 1 amide bonds. The van der Waals surface area contributed by atoms with Gasteiger partial charge in [0.1, 0.15) is 18.1 Å². The van der Waals surface area contributed by atoms with Crippen molar-refractivity contribution in [3.8, 4) is 11.5 Å². The van der Waals surface area contributed by atoms with E-state index in [9.17, 15) is 13.2 Å². The summed E-state index contributed by atoms with van der Waals surface area (Å²) in [6.45, 7) is 1.86. The number of hydrogen-bond donors (Lipinski definition) is 1. The molecule has 0 saturated heterocycles. The van der Waals surface area contributed by atoms with E-state index in [1.165, 1.54) is 11.6 Å². The molecule has 0 radical (unpaired) electrons. The Hall–Kier alpha value is -2.25. The van der Waals surface area contributed by atoms with Gasteiger partial charge in [-0.05, 0) is 42.3 Å². The Morgan fingerprint density at radius 2 is 1.81 bits per heavy atom. The Morgan fingerprint density at radius 1 is 1.11 bits per heavy atom. The molecule has 0 aliphatic rings. The van der Waals surface area contributed by atoms with Gasteiger partial charge in [-0.3, -0.25) is 4.79 Å². The van der Waals surface area contributed by atoms with Gasteiger partial charge in [0.2, 0.25) is 0 Å². The minimum absolute atomic E-state index is 0.0242. The number of rotatable bonds is 9. The zero-order valence-corrected chi connectivity index (χ0v) is 16.8. The van der Waals surface area contributed by atoms with Crippen LogP contribution in [0.15, 0.2) is 42.5 Å². The van der Waals surface area contributed by atoms with Gasteiger partial charge in [-0.2, -0.15) is 0 Å². The highest BCUT2D eigenvalue weighted by Crippen LogP contribution is 2.28. The number of sulfone groups is 1. The van der Waals surface area contributed by atoms with Gasteiger partial charge in [0.15, 0.2) is 16.4 Å². The van der Waals surface area contributed by atoms with E-state index in [2.05, 4.69) is 12.2 Å². The van der Waals surface area contributed by atoms with Crippen molar-refractivity contribution in [3.05, 3.63) is 53.1 Å². The van der Waals surface area contributed by atoms with Crippen LogP contribution < -0.4 is 14.8 Å². The lowest BCUT2D eigenvalue weighted by Gasteiger charge is -2.13. The summed E-state index contributed by atoms with van der Waals surface area (Å²) in [5, 5.41) is 3.08. The molecule has 0 aliphatic heterocycles. The minimum Gasteiger partial charge on any atom is -0.490 e. The molecule has 0 bridgehead atoms. The minimum atomic E-state index is -3.14. The quantitative estimate of drug-likeness (QED) is 0.684. The van der Waals surface area contributed by atoms with Crippen molar-refractivity contribution in [1.82, 2.24) is 0 Å².